The summed E-state index contributed by atoms with van der Waals surface area (Å²) in [7, 11) is 0. The fourth-order valence-corrected chi connectivity index (χ4v) is 3.13. The zero-order chi connectivity index (χ0) is 12.4. The number of ether oxygens (including phenoxy) is 1. The fourth-order valence-electron chi connectivity index (χ4n) is 2.44. The van der Waals surface area contributed by atoms with Gasteiger partial charge in [-0.2, -0.15) is 0 Å². The highest BCUT2D eigenvalue weighted by molar-refractivity contribution is 9.10. The van der Waals surface area contributed by atoms with E-state index in [2.05, 4.69) is 54.2 Å². The molecule has 1 fully saturated rings. The Kier molecular flexibility index (Phi) is 4.10. The first-order valence-electron chi connectivity index (χ1n) is 6.22. The number of hydrogen-bond donors (Lipinski definition) is 1. The van der Waals surface area contributed by atoms with Gasteiger partial charge in [0.25, 0.3) is 0 Å². The lowest BCUT2D eigenvalue weighted by Gasteiger charge is -2.17. The third kappa shape index (κ3) is 3.23. The van der Waals surface area contributed by atoms with Gasteiger partial charge in [0, 0.05) is 16.7 Å². The van der Waals surface area contributed by atoms with Crippen LogP contribution < -0.4 is 5.32 Å². The molecule has 2 rings (SSSR count). The first-order chi connectivity index (χ1) is 8.06. The Balaban J connectivity index is 1.99. The lowest BCUT2D eigenvalue weighted by molar-refractivity contribution is 0.0637. The van der Waals surface area contributed by atoms with E-state index in [1.165, 1.54) is 29.7 Å². The fraction of sp³-hybridized carbons (Fsp3) is 0.571. The summed E-state index contributed by atoms with van der Waals surface area (Å²) >= 11 is 3.52. The second-order valence-corrected chi connectivity index (χ2v) is 5.86. The number of halogens is 1. The van der Waals surface area contributed by atoms with E-state index in [0.717, 1.165) is 11.0 Å². The van der Waals surface area contributed by atoms with Crippen LogP contribution in [0.5, 0.6) is 0 Å². The van der Waals surface area contributed by atoms with Crippen molar-refractivity contribution in [1.29, 1.82) is 0 Å². The third-order valence-electron chi connectivity index (χ3n) is 3.32. The number of aryl methyl sites for hydroxylation is 2. The van der Waals surface area contributed by atoms with Gasteiger partial charge in [-0.25, -0.2) is 0 Å². The molecular weight excluding hydrogens is 278 g/mol. The average molecular weight is 298 g/mol. The second kappa shape index (κ2) is 5.40. The molecule has 3 heteroatoms. The van der Waals surface area contributed by atoms with E-state index in [9.17, 15) is 0 Å². The van der Waals surface area contributed by atoms with Crippen LogP contribution in [-0.2, 0) is 4.74 Å². The van der Waals surface area contributed by atoms with Crippen molar-refractivity contribution in [3.8, 4) is 0 Å². The van der Waals surface area contributed by atoms with Gasteiger partial charge in [-0.15, -0.1) is 0 Å². The average Bonchev–Trinajstić information content (AvgIpc) is 2.62. The van der Waals surface area contributed by atoms with Crippen LogP contribution in [-0.4, -0.2) is 18.8 Å². The highest BCUT2D eigenvalue weighted by Crippen LogP contribution is 2.26. The first kappa shape index (κ1) is 12.9. The maximum atomic E-state index is 5.81. The summed E-state index contributed by atoms with van der Waals surface area (Å²) in [4.78, 5) is 0. The van der Waals surface area contributed by atoms with E-state index in [1.54, 1.807) is 0 Å². The van der Waals surface area contributed by atoms with E-state index in [-0.39, 0.29) is 0 Å². The smallest absolute Gasteiger partial charge is 0.0751 e. The van der Waals surface area contributed by atoms with Crippen molar-refractivity contribution in [2.24, 2.45) is 0 Å². The molecule has 0 radical (unpaired) electrons. The van der Waals surface area contributed by atoms with E-state index < -0.39 is 0 Å². The zero-order valence-corrected chi connectivity index (χ0v) is 12.3. The maximum absolute atomic E-state index is 5.81. The molecule has 0 saturated carbocycles. The molecule has 2 unspecified atom stereocenters. The van der Waals surface area contributed by atoms with Gasteiger partial charge in [0.15, 0.2) is 0 Å². The molecule has 0 amide bonds. The SMILES string of the molecule is Cc1cc(Br)cc(C)c1NCC1CCC(C)O1. The Morgan fingerprint density at radius 1 is 1.29 bits per heavy atom. The first-order valence-corrected chi connectivity index (χ1v) is 7.01. The van der Waals surface area contributed by atoms with Crippen LogP contribution in [0.25, 0.3) is 0 Å². The standard InChI is InChI=1S/C14H20BrNO/c1-9-6-12(15)7-10(2)14(9)16-8-13-5-4-11(3)17-13/h6-7,11,13,16H,4-5,8H2,1-3H3. The Hall–Kier alpha value is -0.540. The van der Waals surface area contributed by atoms with E-state index in [0.29, 0.717) is 12.2 Å². The third-order valence-corrected chi connectivity index (χ3v) is 3.78. The highest BCUT2D eigenvalue weighted by atomic mass is 79.9. The second-order valence-electron chi connectivity index (χ2n) is 4.94. The highest BCUT2D eigenvalue weighted by Gasteiger charge is 2.21. The lowest BCUT2D eigenvalue weighted by Crippen LogP contribution is -2.20. The predicted octanol–water partition coefficient (Wildman–Crippen LogP) is 4.05. The Labute approximate surface area is 112 Å². The van der Waals surface area contributed by atoms with Crippen molar-refractivity contribution in [2.45, 2.75) is 45.8 Å². The van der Waals surface area contributed by atoms with Crippen molar-refractivity contribution in [3.05, 3.63) is 27.7 Å². The van der Waals surface area contributed by atoms with E-state index in [4.69, 9.17) is 4.74 Å². The van der Waals surface area contributed by atoms with Crippen molar-refractivity contribution < 1.29 is 4.74 Å². The summed E-state index contributed by atoms with van der Waals surface area (Å²) < 4.78 is 6.96. The topological polar surface area (TPSA) is 21.3 Å². The van der Waals surface area contributed by atoms with Gasteiger partial charge in [0.05, 0.1) is 12.2 Å². The normalized spacial score (nSPS) is 24.0. The van der Waals surface area contributed by atoms with Crippen molar-refractivity contribution >= 4 is 21.6 Å². The minimum Gasteiger partial charge on any atom is -0.382 e. The molecule has 0 spiro atoms. The molecule has 1 heterocycles. The minimum absolute atomic E-state index is 0.368. The van der Waals surface area contributed by atoms with Gasteiger partial charge in [0.2, 0.25) is 0 Å². The molecule has 0 aliphatic carbocycles. The number of hydrogen-bond acceptors (Lipinski definition) is 2. The molecule has 0 bridgehead atoms. The minimum atomic E-state index is 0.368. The molecule has 1 aromatic rings. The molecule has 1 saturated heterocycles. The number of anilines is 1. The van der Waals surface area contributed by atoms with Crippen molar-refractivity contribution in [1.82, 2.24) is 0 Å². The van der Waals surface area contributed by atoms with Gasteiger partial charge >= 0.3 is 0 Å². The molecule has 0 aromatic heterocycles. The molecule has 2 atom stereocenters. The van der Waals surface area contributed by atoms with Crippen LogP contribution in [0.3, 0.4) is 0 Å². The molecule has 1 aromatic carbocycles. The van der Waals surface area contributed by atoms with E-state index in [1.807, 2.05) is 0 Å². The largest absolute Gasteiger partial charge is 0.382 e. The predicted molar refractivity (Wildman–Crippen MR) is 75.7 cm³/mol. The molecule has 1 N–H and O–H groups in total. The Bertz CT molecular complexity index is 382. The summed E-state index contributed by atoms with van der Waals surface area (Å²) in [5.74, 6) is 0. The Morgan fingerprint density at radius 3 is 2.47 bits per heavy atom. The quantitative estimate of drug-likeness (QED) is 0.909. The Morgan fingerprint density at radius 2 is 1.94 bits per heavy atom. The lowest BCUT2D eigenvalue weighted by atomic mass is 10.1. The van der Waals surface area contributed by atoms with Crippen LogP contribution in [0.2, 0.25) is 0 Å². The van der Waals surface area contributed by atoms with Crippen LogP contribution in [0.15, 0.2) is 16.6 Å². The summed E-state index contributed by atoms with van der Waals surface area (Å²) in [6.45, 7) is 7.33. The van der Waals surface area contributed by atoms with Gasteiger partial charge in [0.1, 0.15) is 0 Å². The van der Waals surface area contributed by atoms with Gasteiger partial charge in [-0.1, -0.05) is 15.9 Å². The molecule has 17 heavy (non-hydrogen) atoms. The van der Waals surface area contributed by atoms with Crippen LogP contribution in [0.1, 0.15) is 30.9 Å². The summed E-state index contributed by atoms with van der Waals surface area (Å²) in [5.41, 5.74) is 3.81. The van der Waals surface area contributed by atoms with Crippen molar-refractivity contribution in [2.75, 3.05) is 11.9 Å². The van der Waals surface area contributed by atoms with Crippen LogP contribution in [0.4, 0.5) is 5.69 Å². The number of benzene rings is 1. The molecular formula is C14H20BrNO. The van der Waals surface area contributed by atoms with Crippen LogP contribution in [0, 0.1) is 13.8 Å². The summed E-state index contributed by atoms with van der Waals surface area (Å²) in [5, 5.41) is 3.53. The molecule has 94 valence electrons. The summed E-state index contributed by atoms with van der Waals surface area (Å²) in [6, 6.07) is 4.29. The van der Waals surface area contributed by atoms with Gasteiger partial charge in [-0.05, 0) is 56.9 Å². The zero-order valence-electron chi connectivity index (χ0n) is 10.7. The summed E-state index contributed by atoms with van der Waals surface area (Å²) in [6.07, 6.45) is 3.15. The van der Waals surface area contributed by atoms with Gasteiger partial charge < -0.3 is 10.1 Å². The molecule has 2 nitrogen and oxygen atoms in total. The van der Waals surface area contributed by atoms with E-state index >= 15 is 0 Å². The monoisotopic (exact) mass is 297 g/mol. The van der Waals surface area contributed by atoms with Crippen molar-refractivity contribution in [3.63, 3.8) is 0 Å². The van der Waals surface area contributed by atoms with Gasteiger partial charge in [-0.3, -0.25) is 0 Å². The maximum Gasteiger partial charge on any atom is 0.0751 e. The number of nitrogens with one attached hydrogen (secondary N) is 1. The van der Waals surface area contributed by atoms with Crippen LogP contribution >= 0.6 is 15.9 Å². The molecule has 1 aliphatic heterocycles. The molecule has 1 aliphatic rings. The number of rotatable bonds is 3.